The Morgan fingerprint density at radius 1 is 1.29 bits per heavy atom. The fourth-order valence-corrected chi connectivity index (χ4v) is 2.32. The average Bonchev–Trinajstić information content (AvgIpc) is 2.46. The number of rotatable bonds is 2. The summed E-state index contributed by atoms with van der Waals surface area (Å²) in [5.41, 5.74) is 3.22. The van der Waals surface area contributed by atoms with Crippen LogP contribution < -0.4 is 4.74 Å². The highest BCUT2D eigenvalue weighted by Gasteiger charge is 2.21. The van der Waals surface area contributed by atoms with Crippen molar-refractivity contribution in [3.05, 3.63) is 62.7 Å². The lowest BCUT2D eigenvalue weighted by molar-refractivity contribution is -0.384. The zero-order chi connectivity index (χ0) is 15.0. The van der Waals surface area contributed by atoms with Crippen molar-refractivity contribution >= 4 is 28.7 Å². The molecule has 0 N–H and O–H groups in total. The van der Waals surface area contributed by atoms with Crippen LogP contribution in [0, 0.1) is 17.0 Å². The minimum Gasteiger partial charge on any atom is -0.485 e. The molecule has 0 spiro atoms. The highest BCUT2D eigenvalue weighted by atomic mass is 35.5. The molecular weight excluding hydrogens is 292 g/mol. The minimum absolute atomic E-state index is 0.0521. The van der Waals surface area contributed by atoms with E-state index in [-0.39, 0.29) is 17.3 Å². The van der Waals surface area contributed by atoms with Gasteiger partial charge in [0.05, 0.1) is 16.7 Å². The van der Waals surface area contributed by atoms with Gasteiger partial charge < -0.3 is 4.74 Å². The van der Waals surface area contributed by atoms with E-state index in [1.165, 1.54) is 12.1 Å². The predicted molar refractivity (Wildman–Crippen MR) is 81.0 cm³/mol. The lowest BCUT2D eigenvalue weighted by Crippen LogP contribution is -2.16. The zero-order valence-electron chi connectivity index (χ0n) is 11.2. The highest BCUT2D eigenvalue weighted by Crippen LogP contribution is 2.39. The quantitative estimate of drug-likeness (QED) is 0.620. The van der Waals surface area contributed by atoms with E-state index >= 15 is 0 Å². The summed E-state index contributed by atoms with van der Waals surface area (Å²) in [5.74, 6) is 0.377. The Morgan fingerprint density at radius 2 is 2.00 bits per heavy atom. The molecule has 1 aliphatic heterocycles. The number of aliphatic imine (C=N–C) groups is 1. The molecule has 5 nitrogen and oxygen atoms in total. The van der Waals surface area contributed by atoms with E-state index in [0.717, 1.165) is 16.8 Å². The van der Waals surface area contributed by atoms with Crippen LogP contribution in [0.4, 0.5) is 11.4 Å². The highest BCUT2D eigenvalue weighted by molar-refractivity contribution is 6.33. The molecule has 106 valence electrons. The molecule has 0 unspecified atom stereocenters. The zero-order valence-corrected chi connectivity index (χ0v) is 11.9. The smallest absolute Gasteiger partial charge is 0.291 e. The van der Waals surface area contributed by atoms with Crippen molar-refractivity contribution in [2.45, 2.75) is 6.92 Å². The molecule has 0 bridgehead atoms. The minimum atomic E-state index is -0.537. The Hall–Kier alpha value is -2.40. The molecule has 0 fully saturated rings. The monoisotopic (exact) mass is 302 g/mol. The topological polar surface area (TPSA) is 64.7 Å². The van der Waals surface area contributed by atoms with Crippen molar-refractivity contribution in [3.63, 3.8) is 0 Å². The molecule has 0 aliphatic carbocycles. The van der Waals surface area contributed by atoms with Crippen molar-refractivity contribution in [1.82, 2.24) is 0 Å². The summed E-state index contributed by atoms with van der Waals surface area (Å²) in [5, 5.41) is 10.9. The number of fused-ring (bicyclic) bond motifs is 1. The van der Waals surface area contributed by atoms with Gasteiger partial charge in [-0.25, -0.2) is 4.99 Å². The first-order chi connectivity index (χ1) is 10.0. The van der Waals surface area contributed by atoms with Crippen LogP contribution >= 0.6 is 11.6 Å². The molecule has 2 aromatic rings. The number of hydrogen-bond donors (Lipinski definition) is 0. The molecule has 0 amide bonds. The summed E-state index contributed by atoms with van der Waals surface area (Å²) in [7, 11) is 0. The molecule has 0 atom stereocenters. The molecule has 21 heavy (non-hydrogen) atoms. The Bertz CT molecular complexity index is 754. The summed E-state index contributed by atoms with van der Waals surface area (Å²) >= 11 is 5.90. The van der Waals surface area contributed by atoms with Gasteiger partial charge >= 0.3 is 0 Å². The van der Waals surface area contributed by atoms with Crippen LogP contribution in [0.5, 0.6) is 5.75 Å². The van der Waals surface area contributed by atoms with Crippen molar-refractivity contribution in [2.75, 3.05) is 6.61 Å². The molecule has 0 saturated heterocycles. The van der Waals surface area contributed by atoms with Crippen LogP contribution in [0.3, 0.4) is 0 Å². The van der Waals surface area contributed by atoms with E-state index in [1.54, 1.807) is 0 Å². The molecule has 1 aliphatic rings. The second kappa shape index (κ2) is 5.18. The van der Waals surface area contributed by atoms with E-state index in [9.17, 15) is 10.1 Å². The van der Waals surface area contributed by atoms with Gasteiger partial charge in [-0.2, -0.15) is 0 Å². The maximum Gasteiger partial charge on any atom is 0.291 e. The Balaban J connectivity index is 2.03. The Morgan fingerprint density at radius 3 is 2.67 bits per heavy atom. The number of ether oxygens (including phenoxy) is 1. The number of nitrogens with zero attached hydrogens (tertiary/aromatic N) is 2. The first-order valence-corrected chi connectivity index (χ1v) is 6.68. The van der Waals surface area contributed by atoms with E-state index in [1.807, 2.05) is 31.2 Å². The number of benzene rings is 2. The van der Waals surface area contributed by atoms with Crippen molar-refractivity contribution in [1.29, 1.82) is 0 Å². The van der Waals surface area contributed by atoms with E-state index in [4.69, 9.17) is 16.3 Å². The third-order valence-electron chi connectivity index (χ3n) is 3.23. The summed E-state index contributed by atoms with van der Waals surface area (Å²) in [4.78, 5) is 14.8. The number of hydrogen-bond acceptors (Lipinski definition) is 4. The lowest BCUT2D eigenvalue weighted by Gasteiger charge is -2.17. The van der Waals surface area contributed by atoms with Gasteiger partial charge in [-0.05, 0) is 18.6 Å². The molecule has 0 saturated carbocycles. The van der Waals surface area contributed by atoms with Gasteiger partial charge in [0.15, 0.2) is 5.75 Å². The fourth-order valence-electron chi connectivity index (χ4n) is 2.09. The van der Waals surface area contributed by atoms with Gasteiger partial charge in [0.25, 0.3) is 5.69 Å². The molecule has 0 radical (unpaired) electrons. The standard InChI is InChI=1S/C15H11ClN2O3/c1-9-2-4-10(5-3-9)13-8-21-15-7-14(18(19)20)11(16)6-12(15)17-13/h2-7H,8H2,1H3. The second-order valence-corrected chi connectivity index (χ2v) is 5.15. The van der Waals surface area contributed by atoms with Crippen LogP contribution in [-0.2, 0) is 0 Å². The maximum absolute atomic E-state index is 10.9. The largest absolute Gasteiger partial charge is 0.485 e. The number of aryl methyl sites for hydroxylation is 1. The normalized spacial score (nSPS) is 13.1. The molecule has 1 heterocycles. The molecule has 2 aromatic carbocycles. The first-order valence-electron chi connectivity index (χ1n) is 6.30. The summed E-state index contributed by atoms with van der Waals surface area (Å²) < 4.78 is 5.57. The van der Waals surface area contributed by atoms with Crippen LogP contribution in [-0.4, -0.2) is 17.2 Å². The van der Waals surface area contributed by atoms with E-state index in [2.05, 4.69) is 4.99 Å². The Labute approximate surface area is 126 Å². The van der Waals surface area contributed by atoms with Gasteiger partial charge in [-0.15, -0.1) is 0 Å². The molecule has 0 aromatic heterocycles. The molecular formula is C15H11ClN2O3. The van der Waals surface area contributed by atoms with Gasteiger partial charge in [0, 0.05) is 0 Å². The SMILES string of the molecule is Cc1ccc(C2=Nc3cc(Cl)c([N+](=O)[O-])cc3OC2)cc1. The van der Waals surface area contributed by atoms with Crippen LogP contribution in [0.2, 0.25) is 5.02 Å². The summed E-state index contributed by atoms with van der Waals surface area (Å²) in [6.07, 6.45) is 0. The van der Waals surface area contributed by atoms with Gasteiger partial charge in [0.2, 0.25) is 0 Å². The number of nitro groups is 1. The lowest BCUT2D eigenvalue weighted by atomic mass is 10.1. The van der Waals surface area contributed by atoms with E-state index < -0.39 is 4.92 Å². The predicted octanol–water partition coefficient (Wildman–Crippen LogP) is 4.07. The van der Waals surface area contributed by atoms with Crippen LogP contribution in [0.1, 0.15) is 11.1 Å². The number of halogens is 1. The van der Waals surface area contributed by atoms with Gasteiger partial charge in [0.1, 0.15) is 17.3 Å². The van der Waals surface area contributed by atoms with Crippen LogP contribution in [0.25, 0.3) is 0 Å². The second-order valence-electron chi connectivity index (χ2n) is 4.74. The van der Waals surface area contributed by atoms with Gasteiger partial charge in [-0.3, -0.25) is 10.1 Å². The third-order valence-corrected chi connectivity index (χ3v) is 3.53. The van der Waals surface area contributed by atoms with Gasteiger partial charge in [-0.1, -0.05) is 41.4 Å². The van der Waals surface area contributed by atoms with E-state index in [0.29, 0.717) is 11.4 Å². The molecule has 3 rings (SSSR count). The average molecular weight is 303 g/mol. The van der Waals surface area contributed by atoms with Crippen LogP contribution in [0.15, 0.2) is 41.4 Å². The van der Waals surface area contributed by atoms with Crippen molar-refractivity contribution < 1.29 is 9.66 Å². The molecule has 6 heteroatoms. The summed E-state index contributed by atoms with van der Waals surface area (Å²) in [6.45, 7) is 2.28. The van der Waals surface area contributed by atoms with Crippen molar-refractivity contribution in [3.8, 4) is 5.75 Å². The summed E-state index contributed by atoms with van der Waals surface area (Å²) in [6, 6.07) is 10.7. The fraction of sp³-hybridized carbons (Fsp3) is 0.133. The number of nitro benzene ring substituents is 1. The third kappa shape index (κ3) is 2.60. The van der Waals surface area contributed by atoms with Crippen molar-refractivity contribution in [2.24, 2.45) is 4.99 Å². The first kappa shape index (κ1) is 13.6. The maximum atomic E-state index is 10.9. The Kier molecular flexibility index (Phi) is 3.35.